The molecule has 0 radical (unpaired) electrons. The summed E-state index contributed by atoms with van der Waals surface area (Å²) >= 11 is 0. The molecule has 2 aliphatic rings. The molecule has 1 heteroatoms. The highest BCUT2D eigenvalue weighted by atomic mass is 14.7. The lowest BCUT2D eigenvalue weighted by Gasteiger charge is -2.24. The zero-order valence-corrected chi connectivity index (χ0v) is 15.2. The zero-order chi connectivity index (χ0) is 16.8. The van der Waals surface area contributed by atoms with Crippen molar-refractivity contribution >= 4 is 6.21 Å². The van der Waals surface area contributed by atoms with Crippen LogP contribution < -0.4 is 0 Å². The number of hydrogen-bond donors (Lipinski definition) is 0. The first-order valence-electron chi connectivity index (χ1n) is 8.29. The van der Waals surface area contributed by atoms with Gasteiger partial charge < -0.3 is 0 Å². The van der Waals surface area contributed by atoms with Crippen molar-refractivity contribution in [1.29, 1.82) is 0 Å². The number of allylic oxidation sites excluding steroid dienone is 8. The summed E-state index contributed by atoms with van der Waals surface area (Å²) in [4.78, 5) is 4.65. The molecule has 1 atom stereocenters. The van der Waals surface area contributed by atoms with Gasteiger partial charge in [0, 0.05) is 28.7 Å². The fourth-order valence-electron chi connectivity index (χ4n) is 2.74. The third kappa shape index (κ3) is 5.29. The van der Waals surface area contributed by atoms with Crippen molar-refractivity contribution in [2.24, 2.45) is 21.7 Å². The summed E-state index contributed by atoms with van der Waals surface area (Å²) in [6.45, 7) is 15.1. The molecule has 0 aromatic carbocycles. The van der Waals surface area contributed by atoms with Crippen LogP contribution >= 0.6 is 0 Å². The van der Waals surface area contributed by atoms with Gasteiger partial charge in [-0.3, -0.25) is 4.99 Å². The first-order chi connectivity index (χ1) is 10.3. The van der Waals surface area contributed by atoms with E-state index in [1.807, 2.05) is 26.1 Å². The lowest BCUT2D eigenvalue weighted by Crippen LogP contribution is -2.12. The lowest BCUT2D eigenvalue weighted by atomic mass is 9.82. The Morgan fingerprint density at radius 1 is 0.864 bits per heavy atom. The molecule has 0 amide bonds. The van der Waals surface area contributed by atoms with E-state index in [0.29, 0.717) is 0 Å². The molecule has 1 nitrogen and oxygen atoms in total. The Labute approximate surface area is 136 Å². The molecule has 22 heavy (non-hydrogen) atoms. The van der Waals surface area contributed by atoms with Crippen LogP contribution in [0, 0.1) is 16.7 Å². The van der Waals surface area contributed by atoms with E-state index in [0.717, 1.165) is 5.70 Å². The molecule has 0 N–H and O–H groups in total. The number of rotatable bonds is 1. The topological polar surface area (TPSA) is 12.4 Å². The summed E-state index contributed by atoms with van der Waals surface area (Å²) in [6, 6.07) is 0. The molecule has 0 bridgehead atoms. The van der Waals surface area contributed by atoms with E-state index in [9.17, 15) is 0 Å². The van der Waals surface area contributed by atoms with Gasteiger partial charge in [0.05, 0.1) is 0 Å². The molecule has 0 aromatic rings. The highest BCUT2D eigenvalue weighted by Crippen LogP contribution is 2.34. The minimum absolute atomic E-state index is 0.0493. The zero-order valence-electron chi connectivity index (χ0n) is 15.2. The summed E-state index contributed by atoms with van der Waals surface area (Å²) in [5, 5.41) is 0. The maximum Gasteiger partial charge on any atom is 0.0481 e. The molecule has 0 fully saturated rings. The van der Waals surface area contributed by atoms with Gasteiger partial charge in [0.15, 0.2) is 0 Å². The summed E-state index contributed by atoms with van der Waals surface area (Å²) in [5.74, 6) is 0.259. The van der Waals surface area contributed by atoms with E-state index in [2.05, 4.69) is 82.1 Å². The average molecular weight is 297 g/mol. The number of aliphatic imine (C=N–C) groups is 1. The van der Waals surface area contributed by atoms with E-state index >= 15 is 0 Å². The first kappa shape index (κ1) is 18.4. The molecule has 0 saturated heterocycles. The van der Waals surface area contributed by atoms with Crippen molar-refractivity contribution < 1.29 is 0 Å². The van der Waals surface area contributed by atoms with Crippen molar-refractivity contribution in [1.82, 2.24) is 0 Å². The fourth-order valence-corrected chi connectivity index (χ4v) is 2.74. The van der Waals surface area contributed by atoms with Gasteiger partial charge in [0.2, 0.25) is 0 Å². The molecule has 0 spiro atoms. The van der Waals surface area contributed by atoms with Gasteiger partial charge >= 0.3 is 0 Å². The van der Waals surface area contributed by atoms with Crippen molar-refractivity contribution in [2.75, 3.05) is 0 Å². The van der Waals surface area contributed by atoms with Gasteiger partial charge in [-0.15, -0.1) is 0 Å². The van der Waals surface area contributed by atoms with E-state index in [4.69, 9.17) is 0 Å². The smallest absolute Gasteiger partial charge is 0.0481 e. The predicted octanol–water partition coefficient (Wildman–Crippen LogP) is 6.28. The monoisotopic (exact) mass is 297 g/mol. The molecule has 0 aromatic heterocycles. The van der Waals surface area contributed by atoms with E-state index < -0.39 is 0 Å². The molecule has 120 valence electrons. The molecule has 2 rings (SSSR count). The molecule has 1 heterocycles. The van der Waals surface area contributed by atoms with Crippen molar-refractivity contribution in [3.63, 3.8) is 0 Å². The highest BCUT2D eigenvalue weighted by molar-refractivity contribution is 5.73. The fraction of sp³-hybridized carbons (Fsp3) is 0.476. The van der Waals surface area contributed by atoms with Crippen LogP contribution in [-0.2, 0) is 0 Å². The van der Waals surface area contributed by atoms with Crippen molar-refractivity contribution in [2.45, 2.75) is 48.5 Å². The van der Waals surface area contributed by atoms with Crippen LogP contribution in [0.2, 0.25) is 0 Å². The Bertz CT molecular complexity index is 548. The molecule has 1 aliphatic carbocycles. The third-order valence-corrected chi connectivity index (χ3v) is 3.70. The third-order valence-electron chi connectivity index (χ3n) is 3.70. The Balaban J connectivity index is 0.00000116. The van der Waals surface area contributed by atoms with Crippen LogP contribution in [0.4, 0.5) is 0 Å². The Morgan fingerprint density at radius 3 is 2.14 bits per heavy atom. The largest absolute Gasteiger partial charge is 0.261 e. The van der Waals surface area contributed by atoms with Crippen LogP contribution in [0.1, 0.15) is 48.5 Å². The molecular weight excluding hydrogens is 266 g/mol. The standard InChI is InChI=1S/C19H25N.C2H6/c1-15-13-18(2,3)10-7-6-9-16(15)17-14-19(4,5)11-8-12-20-17;1-2/h6-14,16H,1-5H3;1-2H3/b9-6-,10-7-,15-13?;. The van der Waals surface area contributed by atoms with Gasteiger partial charge in [-0.05, 0) is 13.0 Å². The Hall–Kier alpha value is -1.63. The molecular formula is C21H31N. The second-order valence-electron chi connectivity index (χ2n) is 6.96. The summed E-state index contributed by atoms with van der Waals surface area (Å²) in [6.07, 6.45) is 19.5. The Kier molecular flexibility index (Phi) is 6.34. The van der Waals surface area contributed by atoms with Crippen LogP contribution in [0.3, 0.4) is 0 Å². The van der Waals surface area contributed by atoms with Gasteiger partial charge in [-0.25, -0.2) is 0 Å². The Morgan fingerprint density at radius 2 is 1.45 bits per heavy atom. The van der Waals surface area contributed by atoms with Crippen molar-refractivity contribution in [3.8, 4) is 0 Å². The minimum Gasteiger partial charge on any atom is -0.261 e. The van der Waals surface area contributed by atoms with Gasteiger partial charge in [0.1, 0.15) is 0 Å². The van der Waals surface area contributed by atoms with E-state index in [1.165, 1.54) is 5.57 Å². The number of nitrogens with zero attached hydrogens (tertiary/aromatic N) is 1. The lowest BCUT2D eigenvalue weighted by molar-refractivity contribution is 0.601. The van der Waals surface area contributed by atoms with Gasteiger partial charge in [-0.2, -0.15) is 0 Å². The maximum atomic E-state index is 4.65. The van der Waals surface area contributed by atoms with Crippen LogP contribution in [0.25, 0.3) is 0 Å². The van der Waals surface area contributed by atoms with Crippen molar-refractivity contribution in [3.05, 3.63) is 59.9 Å². The SMILES string of the molecule is CC.CC1=CC(C)(C)/C=C\C=C/C1C1=CC(C)(C)C=CC=N1. The quantitative estimate of drug-likeness (QED) is 0.505. The van der Waals surface area contributed by atoms with E-state index in [1.54, 1.807) is 0 Å². The number of hydrogen-bond acceptors (Lipinski definition) is 1. The normalized spacial score (nSPS) is 28.0. The summed E-state index contributed by atoms with van der Waals surface area (Å²) in [7, 11) is 0. The maximum absolute atomic E-state index is 4.65. The second kappa shape index (κ2) is 7.58. The van der Waals surface area contributed by atoms with Gasteiger partial charge in [0.25, 0.3) is 0 Å². The summed E-state index contributed by atoms with van der Waals surface area (Å²) < 4.78 is 0. The molecule has 0 saturated carbocycles. The van der Waals surface area contributed by atoms with Crippen LogP contribution in [0.15, 0.2) is 64.9 Å². The predicted molar refractivity (Wildman–Crippen MR) is 100 cm³/mol. The second-order valence-corrected chi connectivity index (χ2v) is 6.96. The average Bonchev–Trinajstić information content (AvgIpc) is 2.59. The molecule has 1 unspecified atom stereocenters. The molecule has 1 aliphatic heterocycles. The van der Waals surface area contributed by atoms with Gasteiger partial charge in [-0.1, -0.05) is 89.6 Å². The highest BCUT2D eigenvalue weighted by Gasteiger charge is 2.21. The van der Waals surface area contributed by atoms with Crippen LogP contribution in [-0.4, -0.2) is 6.21 Å². The first-order valence-corrected chi connectivity index (χ1v) is 8.29. The van der Waals surface area contributed by atoms with E-state index in [-0.39, 0.29) is 16.7 Å². The summed E-state index contributed by atoms with van der Waals surface area (Å²) in [5.41, 5.74) is 2.64. The minimum atomic E-state index is 0.0493. The van der Waals surface area contributed by atoms with Crippen LogP contribution in [0.5, 0.6) is 0 Å².